The predicted molar refractivity (Wildman–Crippen MR) is 111 cm³/mol. The largest absolute Gasteiger partial charge is 0.423 e. The molecule has 28 heavy (non-hydrogen) atoms. The van der Waals surface area contributed by atoms with Gasteiger partial charge in [0.25, 0.3) is 0 Å². The molecule has 2 aromatic carbocycles. The molecule has 4 heteroatoms. The maximum Gasteiger partial charge on any atom is 0.336 e. The van der Waals surface area contributed by atoms with Gasteiger partial charge in [-0.2, -0.15) is 0 Å². The Bertz CT molecular complexity index is 1000. The molecule has 1 aromatic heterocycles. The second kappa shape index (κ2) is 8.29. The van der Waals surface area contributed by atoms with Gasteiger partial charge in [0.05, 0.1) is 6.10 Å². The van der Waals surface area contributed by atoms with Crippen molar-refractivity contribution in [2.75, 3.05) is 13.2 Å². The van der Waals surface area contributed by atoms with Crippen molar-refractivity contribution in [2.45, 2.75) is 45.9 Å². The van der Waals surface area contributed by atoms with Crippen LogP contribution in [0.5, 0.6) is 0 Å². The van der Waals surface area contributed by atoms with E-state index in [1.54, 1.807) is 6.07 Å². The number of rotatable bonds is 6. The van der Waals surface area contributed by atoms with Crippen LogP contribution in [0.15, 0.2) is 57.7 Å². The lowest BCUT2D eigenvalue weighted by atomic mass is 10.0. The molecule has 0 aliphatic carbocycles. The number of fused-ring (bicyclic) bond motifs is 1. The van der Waals surface area contributed by atoms with E-state index in [1.807, 2.05) is 19.1 Å². The van der Waals surface area contributed by atoms with Gasteiger partial charge in [0, 0.05) is 37.7 Å². The average Bonchev–Trinajstić information content (AvgIpc) is 3.17. The Morgan fingerprint density at radius 2 is 1.82 bits per heavy atom. The summed E-state index contributed by atoms with van der Waals surface area (Å²) in [5.74, 6) is 0. The molecule has 1 aliphatic heterocycles. The van der Waals surface area contributed by atoms with Crippen LogP contribution in [0.4, 0.5) is 0 Å². The van der Waals surface area contributed by atoms with Crippen molar-refractivity contribution in [2.24, 2.45) is 0 Å². The fourth-order valence-electron chi connectivity index (χ4n) is 3.96. The molecule has 3 aromatic rings. The summed E-state index contributed by atoms with van der Waals surface area (Å²) in [5, 5.41) is 1.02. The molecule has 1 atom stereocenters. The van der Waals surface area contributed by atoms with Gasteiger partial charge in [-0.25, -0.2) is 4.79 Å². The number of benzene rings is 2. The minimum absolute atomic E-state index is 0.263. The van der Waals surface area contributed by atoms with Crippen molar-refractivity contribution in [1.82, 2.24) is 4.90 Å². The van der Waals surface area contributed by atoms with Crippen LogP contribution in [0.1, 0.15) is 35.1 Å². The van der Waals surface area contributed by atoms with Gasteiger partial charge in [-0.15, -0.1) is 0 Å². The third-order valence-corrected chi connectivity index (χ3v) is 5.57. The Hall–Kier alpha value is -2.43. The highest BCUT2D eigenvalue weighted by molar-refractivity contribution is 5.81. The first kappa shape index (κ1) is 18.9. The highest BCUT2D eigenvalue weighted by atomic mass is 16.5. The zero-order valence-electron chi connectivity index (χ0n) is 16.6. The van der Waals surface area contributed by atoms with Gasteiger partial charge >= 0.3 is 5.63 Å². The highest BCUT2D eigenvalue weighted by Gasteiger charge is 2.21. The van der Waals surface area contributed by atoms with Gasteiger partial charge < -0.3 is 9.15 Å². The highest BCUT2D eigenvalue weighted by Crippen LogP contribution is 2.24. The topological polar surface area (TPSA) is 42.7 Å². The molecule has 146 valence electrons. The summed E-state index contributed by atoms with van der Waals surface area (Å²) in [6.07, 6.45) is 2.49. The van der Waals surface area contributed by atoms with Crippen LogP contribution in [-0.4, -0.2) is 24.2 Å². The molecule has 1 unspecified atom stereocenters. The Morgan fingerprint density at radius 3 is 2.57 bits per heavy atom. The summed E-state index contributed by atoms with van der Waals surface area (Å²) in [6, 6.07) is 16.2. The molecule has 0 spiro atoms. The molecule has 0 N–H and O–H groups in total. The van der Waals surface area contributed by atoms with Crippen LogP contribution in [-0.2, 0) is 17.8 Å². The number of hydrogen-bond donors (Lipinski definition) is 0. The smallest absolute Gasteiger partial charge is 0.336 e. The van der Waals surface area contributed by atoms with Gasteiger partial charge in [-0.3, -0.25) is 4.90 Å². The Balaban J connectivity index is 1.67. The number of aryl methyl sites for hydroxylation is 2. The minimum Gasteiger partial charge on any atom is -0.423 e. The minimum atomic E-state index is -0.289. The number of nitrogens with zero attached hydrogens (tertiary/aromatic N) is 1. The lowest BCUT2D eigenvalue weighted by molar-refractivity contribution is 0.0680. The van der Waals surface area contributed by atoms with Crippen LogP contribution in [0.2, 0.25) is 0 Å². The first-order chi connectivity index (χ1) is 13.6. The average molecular weight is 377 g/mol. The SMILES string of the molecule is Cc1cc2oc(=O)cc(CN(Cc3ccccc3)CC3CCCO3)c2cc1C. The molecule has 1 saturated heterocycles. The predicted octanol–water partition coefficient (Wildman–Crippen LogP) is 4.59. The lowest BCUT2D eigenvalue weighted by Gasteiger charge is -2.26. The van der Waals surface area contributed by atoms with E-state index in [0.29, 0.717) is 12.1 Å². The fraction of sp³-hybridized carbons (Fsp3) is 0.375. The Labute approximate surface area is 165 Å². The quantitative estimate of drug-likeness (QED) is 0.589. The zero-order valence-corrected chi connectivity index (χ0v) is 16.6. The Kier molecular flexibility index (Phi) is 5.60. The maximum atomic E-state index is 12.2. The van der Waals surface area contributed by atoms with Gasteiger partial charge in [0.2, 0.25) is 0 Å². The summed E-state index contributed by atoms with van der Waals surface area (Å²) in [4.78, 5) is 14.6. The third-order valence-electron chi connectivity index (χ3n) is 5.57. The summed E-state index contributed by atoms with van der Waals surface area (Å²) in [7, 11) is 0. The molecule has 1 aliphatic rings. The van der Waals surface area contributed by atoms with E-state index in [9.17, 15) is 4.79 Å². The zero-order chi connectivity index (χ0) is 19.5. The molecular formula is C24H27NO3. The summed E-state index contributed by atoms with van der Waals surface area (Å²) in [6.45, 7) is 7.37. The van der Waals surface area contributed by atoms with Crippen molar-refractivity contribution >= 4 is 11.0 Å². The Morgan fingerprint density at radius 1 is 1.04 bits per heavy atom. The van der Waals surface area contributed by atoms with Crippen molar-refractivity contribution < 1.29 is 9.15 Å². The molecule has 4 rings (SSSR count). The van der Waals surface area contributed by atoms with Gasteiger partial charge in [0.15, 0.2) is 0 Å². The van der Waals surface area contributed by atoms with E-state index in [2.05, 4.69) is 42.2 Å². The van der Waals surface area contributed by atoms with Gasteiger partial charge in [-0.05, 0) is 61.1 Å². The molecule has 0 saturated carbocycles. The summed E-state index contributed by atoms with van der Waals surface area (Å²) < 4.78 is 11.4. The van der Waals surface area contributed by atoms with Crippen LogP contribution >= 0.6 is 0 Å². The lowest BCUT2D eigenvalue weighted by Crippen LogP contribution is -2.31. The molecule has 2 heterocycles. The van der Waals surface area contributed by atoms with Gasteiger partial charge in [0.1, 0.15) is 5.58 Å². The van der Waals surface area contributed by atoms with Crippen LogP contribution < -0.4 is 5.63 Å². The number of hydrogen-bond acceptors (Lipinski definition) is 4. The van der Waals surface area contributed by atoms with Crippen molar-refractivity contribution in [3.63, 3.8) is 0 Å². The van der Waals surface area contributed by atoms with E-state index >= 15 is 0 Å². The van der Waals surface area contributed by atoms with E-state index < -0.39 is 0 Å². The molecule has 4 nitrogen and oxygen atoms in total. The monoisotopic (exact) mass is 377 g/mol. The van der Waals surface area contributed by atoms with E-state index in [1.165, 1.54) is 11.1 Å². The third kappa shape index (κ3) is 4.34. The summed E-state index contributed by atoms with van der Waals surface area (Å²) in [5.41, 5.74) is 5.00. The standard InChI is InChI=1S/C24H27NO3/c1-17-11-22-20(13-24(26)28-23(22)12-18(17)2)15-25(16-21-9-6-10-27-21)14-19-7-4-3-5-8-19/h3-5,7-8,11-13,21H,6,9-10,14-16H2,1-2H3. The van der Waals surface area contributed by atoms with Crippen molar-refractivity contribution in [3.8, 4) is 0 Å². The molecule has 1 fully saturated rings. The van der Waals surface area contributed by atoms with Gasteiger partial charge in [-0.1, -0.05) is 30.3 Å². The van der Waals surface area contributed by atoms with E-state index in [4.69, 9.17) is 9.15 Å². The van der Waals surface area contributed by atoms with Crippen LogP contribution in [0.3, 0.4) is 0 Å². The van der Waals surface area contributed by atoms with E-state index in [-0.39, 0.29) is 11.7 Å². The first-order valence-corrected chi connectivity index (χ1v) is 10.0. The second-order valence-electron chi connectivity index (χ2n) is 7.81. The van der Waals surface area contributed by atoms with Crippen molar-refractivity contribution in [1.29, 1.82) is 0 Å². The van der Waals surface area contributed by atoms with E-state index in [0.717, 1.165) is 49.1 Å². The first-order valence-electron chi connectivity index (χ1n) is 10.0. The molecule has 0 radical (unpaired) electrons. The fourth-order valence-corrected chi connectivity index (χ4v) is 3.96. The number of ether oxygens (including phenoxy) is 1. The molecular weight excluding hydrogens is 350 g/mol. The van der Waals surface area contributed by atoms with Crippen LogP contribution in [0, 0.1) is 13.8 Å². The normalized spacial score (nSPS) is 16.9. The maximum absolute atomic E-state index is 12.2. The second-order valence-corrected chi connectivity index (χ2v) is 7.81. The van der Waals surface area contributed by atoms with Crippen molar-refractivity contribution in [3.05, 3.63) is 81.2 Å². The van der Waals surface area contributed by atoms with Crippen LogP contribution in [0.25, 0.3) is 11.0 Å². The molecule has 0 bridgehead atoms. The summed E-state index contributed by atoms with van der Waals surface area (Å²) >= 11 is 0. The molecule has 0 amide bonds.